The second-order valence-electron chi connectivity index (χ2n) is 6.21. The molecule has 0 radical (unpaired) electrons. The highest BCUT2D eigenvalue weighted by molar-refractivity contribution is 5.79. The molecule has 0 atom stereocenters. The van der Waals surface area contributed by atoms with Crippen LogP contribution in [-0.4, -0.2) is 34.1 Å². The van der Waals surface area contributed by atoms with Gasteiger partial charge in [-0.05, 0) is 29.8 Å². The molecule has 0 amide bonds. The molecule has 0 fully saturated rings. The van der Waals surface area contributed by atoms with Gasteiger partial charge in [0.2, 0.25) is 5.95 Å². The molecule has 9 nitrogen and oxygen atoms in total. The molecule has 4 aromatic heterocycles. The van der Waals surface area contributed by atoms with Crippen LogP contribution in [0.1, 0.15) is 11.1 Å². The SMILES string of the molecule is N#Cc1ccc2ncn(-c3ncc4[nH]c(=O)n(Cc5cccnc5)c4n3)c2c1. The Hall–Kier alpha value is -4.32. The molecule has 0 aliphatic carbocycles. The van der Waals surface area contributed by atoms with E-state index in [4.69, 9.17) is 5.26 Å². The third kappa shape index (κ3) is 2.52. The molecule has 0 aliphatic heterocycles. The monoisotopic (exact) mass is 368 g/mol. The van der Waals surface area contributed by atoms with Crippen LogP contribution in [-0.2, 0) is 6.54 Å². The predicted molar refractivity (Wildman–Crippen MR) is 101 cm³/mol. The molecule has 0 saturated heterocycles. The van der Waals surface area contributed by atoms with Gasteiger partial charge in [-0.2, -0.15) is 10.2 Å². The van der Waals surface area contributed by atoms with E-state index < -0.39 is 0 Å². The van der Waals surface area contributed by atoms with E-state index in [-0.39, 0.29) is 5.69 Å². The highest BCUT2D eigenvalue weighted by atomic mass is 16.1. The van der Waals surface area contributed by atoms with E-state index in [1.807, 2.05) is 12.1 Å². The van der Waals surface area contributed by atoms with Crippen LogP contribution >= 0.6 is 0 Å². The maximum absolute atomic E-state index is 12.4. The first kappa shape index (κ1) is 15.9. The Morgan fingerprint density at radius 2 is 2.11 bits per heavy atom. The fraction of sp³-hybridized carbons (Fsp3) is 0.0526. The number of fused-ring (bicyclic) bond motifs is 2. The van der Waals surface area contributed by atoms with E-state index in [1.54, 1.807) is 47.7 Å². The second kappa shape index (κ2) is 6.14. The molecule has 5 rings (SSSR count). The normalized spacial score (nSPS) is 11.1. The molecule has 0 saturated carbocycles. The van der Waals surface area contributed by atoms with Gasteiger partial charge in [-0.1, -0.05) is 6.07 Å². The summed E-state index contributed by atoms with van der Waals surface area (Å²) in [7, 11) is 0. The standard InChI is InChI=1S/C19H12N8O/c20-7-12-3-4-14-16(6-12)27(11-23-14)18-22-9-15-17(25-18)26(19(28)24-15)10-13-2-1-5-21-8-13/h1-6,8-9,11H,10H2,(H,24,28). The second-order valence-corrected chi connectivity index (χ2v) is 6.21. The van der Waals surface area contributed by atoms with Crippen LogP contribution in [0, 0.1) is 11.3 Å². The van der Waals surface area contributed by atoms with E-state index >= 15 is 0 Å². The van der Waals surface area contributed by atoms with Gasteiger partial charge in [-0.15, -0.1) is 0 Å². The minimum absolute atomic E-state index is 0.271. The molecule has 0 aliphatic rings. The summed E-state index contributed by atoms with van der Waals surface area (Å²) < 4.78 is 3.23. The number of H-pyrrole nitrogens is 1. The summed E-state index contributed by atoms with van der Waals surface area (Å²) in [5, 5.41) is 9.16. The number of nitrogens with one attached hydrogen (secondary N) is 1. The minimum Gasteiger partial charge on any atom is -0.303 e. The topological polar surface area (TPSA) is 118 Å². The Bertz CT molecular complexity index is 1420. The van der Waals surface area contributed by atoms with Crippen molar-refractivity contribution in [1.29, 1.82) is 5.26 Å². The summed E-state index contributed by atoms with van der Waals surface area (Å²) in [6, 6.07) is 11.1. The first-order chi connectivity index (χ1) is 13.7. The zero-order chi connectivity index (χ0) is 19.1. The van der Waals surface area contributed by atoms with Gasteiger partial charge in [0.1, 0.15) is 11.8 Å². The van der Waals surface area contributed by atoms with Crippen molar-refractivity contribution in [1.82, 2.24) is 34.1 Å². The van der Waals surface area contributed by atoms with E-state index in [0.717, 1.165) is 16.6 Å². The summed E-state index contributed by atoms with van der Waals surface area (Å²) in [6.45, 7) is 0.340. The smallest absolute Gasteiger partial charge is 0.303 e. The molecule has 0 bridgehead atoms. The van der Waals surface area contributed by atoms with Crippen molar-refractivity contribution >= 4 is 22.2 Å². The molecule has 1 N–H and O–H groups in total. The van der Waals surface area contributed by atoms with Crippen LogP contribution in [0.25, 0.3) is 28.1 Å². The Morgan fingerprint density at radius 1 is 1.18 bits per heavy atom. The Kier molecular flexibility index (Phi) is 3.48. The minimum atomic E-state index is -0.271. The molecule has 134 valence electrons. The average molecular weight is 368 g/mol. The number of imidazole rings is 2. The van der Waals surface area contributed by atoms with E-state index in [2.05, 4.69) is 31.0 Å². The van der Waals surface area contributed by atoms with Gasteiger partial charge in [-0.3, -0.25) is 14.1 Å². The Morgan fingerprint density at radius 3 is 2.93 bits per heavy atom. The highest BCUT2D eigenvalue weighted by Crippen LogP contribution is 2.18. The van der Waals surface area contributed by atoms with Crippen molar-refractivity contribution in [3.8, 4) is 12.0 Å². The van der Waals surface area contributed by atoms with Crippen LogP contribution in [0.3, 0.4) is 0 Å². The van der Waals surface area contributed by atoms with E-state index in [1.165, 1.54) is 4.57 Å². The van der Waals surface area contributed by atoms with E-state index in [9.17, 15) is 4.79 Å². The molecule has 4 heterocycles. The zero-order valence-corrected chi connectivity index (χ0v) is 14.4. The number of nitrogens with zero attached hydrogens (tertiary/aromatic N) is 7. The quantitative estimate of drug-likeness (QED) is 0.518. The lowest BCUT2D eigenvalue weighted by Crippen LogP contribution is -2.18. The molecule has 0 unspecified atom stereocenters. The summed E-state index contributed by atoms with van der Waals surface area (Å²) >= 11 is 0. The number of hydrogen-bond donors (Lipinski definition) is 1. The molecule has 1 aromatic carbocycles. The fourth-order valence-corrected chi connectivity index (χ4v) is 3.11. The summed E-state index contributed by atoms with van der Waals surface area (Å²) in [5.74, 6) is 0.365. The molecule has 5 aromatic rings. The number of pyridine rings is 1. The zero-order valence-electron chi connectivity index (χ0n) is 14.4. The lowest BCUT2D eigenvalue weighted by molar-refractivity contribution is 0.771. The maximum atomic E-state index is 12.4. The first-order valence-electron chi connectivity index (χ1n) is 8.45. The third-order valence-corrected chi connectivity index (χ3v) is 4.45. The lowest BCUT2D eigenvalue weighted by atomic mass is 10.2. The van der Waals surface area contributed by atoms with Gasteiger partial charge in [0, 0.05) is 12.4 Å². The summed E-state index contributed by atoms with van der Waals surface area (Å²) in [5.41, 5.74) is 3.60. The molecule has 0 spiro atoms. The van der Waals surface area contributed by atoms with Crippen molar-refractivity contribution in [3.63, 3.8) is 0 Å². The molecule has 9 heteroatoms. The Labute approximate surface area is 157 Å². The molecule has 28 heavy (non-hydrogen) atoms. The average Bonchev–Trinajstić information content (AvgIpc) is 3.29. The largest absolute Gasteiger partial charge is 0.328 e. The predicted octanol–water partition coefficient (Wildman–Crippen LogP) is 1.77. The number of aromatic nitrogens is 7. The van der Waals surface area contributed by atoms with Crippen molar-refractivity contribution in [2.45, 2.75) is 6.54 Å². The van der Waals surface area contributed by atoms with Crippen molar-refractivity contribution in [3.05, 3.63) is 76.9 Å². The first-order valence-corrected chi connectivity index (χ1v) is 8.45. The summed E-state index contributed by atoms with van der Waals surface area (Å²) in [4.78, 5) is 32.5. The third-order valence-electron chi connectivity index (χ3n) is 4.45. The maximum Gasteiger partial charge on any atom is 0.328 e. The van der Waals surface area contributed by atoms with Gasteiger partial charge < -0.3 is 4.98 Å². The number of nitriles is 1. The number of aromatic amines is 1. The van der Waals surface area contributed by atoms with Gasteiger partial charge in [0.25, 0.3) is 0 Å². The molecular weight excluding hydrogens is 356 g/mol. The number of benzene rings is 1. The number of hydrogen-bond acceptors (Lipinski definition) is 6. The van der Waals surface area contributed by atoms with Crippen LogP contribution < -0.4 is 5.69 Å². The van der Waals surface area contributed by atoms with Gasteiger partial charge >= 0.3 is 5.69 Å². The van der Waals surface area contributed by atoms with Crippen molar-refractivity contribution in [2.24, 2.45) is 0 Å². The van der Waals surface area contributed by atoms with Crippen LogP contribution in [0.2, 0.25) is 0 Å². The van der Waals surface area contributed by atoms with Crippen molar-refractivity contribution < 1.29 is 0 Å². The van der Waals surface area contributed by atoms with Gasteiger partial charge in [-0.25, -0.2) is 14.8 Å². The van der Waals surface area contributed by atoms with Crippen molar-refractivity contribution in [2.75, 3.05) is 0 Å². The lowest BCUT2D eigenvalue weighted by Gasteiger charge is -2.05. The number of rotatable bonds is 3. The van der Waals surface area contributed by atoms with Gasteiger partial charge in [0.15, 0.2) is 5.65 Å². The van der Waals surface area contributed by atoms with Crippen LogP contribution in [0.4, 0.5) is 0 Å². The highest BCUT2D eigenvalue weighted by Gasteiger charge is 2.13. The Balaban J connectivity index is 1.67. The fourth-order valence-electron chi connectivity index (χ4n) is 3.11. The summed E-state index contributed by atoms with van der Waals surface area (Å²) in [6.07, 6.45) is 6.56. The van der Waals surface area contributed by atoms with E-state index in [0.29, 0.717) is 29.2 Å². The van der Waals surface area contributed by atoms with Crippen LogP contribution in [0.5, 0.6) is 0 Å². The molecular formula is C19H12N8O. The van der Waals surface area contributed by atoms with Crippen LogP contribution in [0.15, 0.2) is 60.0 Å². The van der Waals surface area contributed by atoms with Gasteiger partial charge in [0.05, 0.1) is 35.4 Å².